The molecule has 7 heteroatoms. The maximum Gasteiger partial charge on any atom is 0.329 e. The molecule has 2 aromatic carbocycles. The number of nitrogens with zero attached hydrogens (tertiary/aromatic N) is 4. The van der Waals surface area contributed by atoms with E-state index < -0.39 is 12.0 Å². The van der Waals surface area contributed by atoms with Crippen LogP contribution in [-0.4, -0.2) is 68.6 Å². The van der Waals surface area contributed by atoms with Gasteiger partial charge in [-0.25, -0.2) is 4.79 Å². The molecule has 2 aromatic rings. The third-order valence-corrected chi connectivity index (χ3v) is 5.36. The molecule has 3 rings (SSSR count). The normalized spacial score (nSPS) is 16.6. The van der Waals surface area contributed by atoms with Gasteiger partial charge in [0.2, 0.25) is 0 Å². The Bertz CT molecular complexity index is 950. The Kier molecular flexibility index (Phi) is 6.70. The van der Waals surface area contributed by atoms with E-state index in [9.17, 15) is 14.9 Å². The van der Waals surface area contributed by atoms with Crippen molar-refractivity contribution in [3.8, 4) is 6.07 Å². The molecule has 0 bridgehead atoms. The summed E-state index contributed by atoms with van der Waals surface area (Å²) in [7, 11) is 5.21. The number of benzene rings is 2. The van der Waals surface area contributed by atoms with Crippen LogP contribution in [-0.2, 0) is 16.1 Å². The second-order valence-electron chi connectivity index (χ2n) is 7.48. The average molecular weight is 406 g/mol. The lowest BCUT2D eigenvalue weighted by atomic mass is 10.1. The number of hydrogen-bond acceptors (Lipinski definition) is 6. The van der Waals surface area contributed by atoms with Crippen LogP contribution in [0, 0.1) is 11.3 Å². The summed E-state index contributed by atoms with van der Waals surface area (Å²) in [6, 6.07) is 16.3. The molecule has 0 N–H and O–H groups in total. The minimum atomic E-state index is -0.695. The van der Waals surface area contributed by atoms with Crippen LogP contribution in [0.1, 0.15) is 21.5 Å². The molecule has 0 aliphatic carbocycles. The van der Waals surface area contributed by atoms with E-state index in [2.05, 4.69) is 11.0 Å². The molecular weight excluding hydrogens is 380 g/mol. The maximum atomic E-state index is 13.1. The molecule has 0 aromatic heterocycles. The Labute approximate surface area is 177 Å². The van der Waals surface area contributed by atoms with Crippen molar-refractivity contribution in [1.82, 2.24) is 9.80 Å². The number of methoxy groups -OCH3 is 1. The van der Waals surface area contributed by atoms with Gasteiger partial charge in [-0.15, -0.1) is 0 Å². The number of piperazine rings is 1. The van der Waals surface area contributed by atoms with E-state index in [1.165, 1.54) is 7.11 Å². The molecule has 1 heterocycles. The predicted molar refractivity (Wildman–Crippen MR) is 114 cm³/mol. The molecule has 7 nitrogen and oxygen atoms in total. The molecule has 1 aliphatic rings. The lowest BCUT2D eigenvalue weighted by Gasteiger charge is -2.40. The van der Waals surface area contributed by atoms with Crippen LogP contribution in [0.15, 0.2) is 48.5 Å². The van der Waals surface area contributed by atoms with Crippen molar-refractivity contribution in [1.29, 1.82) is 5.26 Å². The first kappa shape index (κ1) is 21.3. The minimum absolute atomic E-state index is 0.187. The van der Waals surface area contributed by atoms with Crippen LogP contribution in [0.5, 0.6) is 0 Å². The molecule has 1 fully saturated rings. The smallest absolute Gasteiger partial charge is 0.329 e. The van der Waals surface area contributed by atoms with Crippen LogP contribution in [0.3, 0.4) is 0 Å². The molecule has 0 spiro atoms. The summed E-state index contributed by atoms with van der Waals surface area (Å²) < 4.78 is 4.98. The van der Waals surface area contributed by atoms with Crippen molar-refractivity contribution in [3.63, 3.8) is 0 Å². The number of hydrogen-bond donors (Lipinski definition) is 0. The van der Waals surface area contributed by atoms with Crippen molar-refractivity contribution in [2.24, 2.45) is 0 Å². The average Bonchev–Trinajstić information content (AvgIpc) is 2.78. The predicted octanol–water partition coefficient (Wildman–Crippen LogP) is 2.12. The Morgan fingerprint density at radius 3 is 2.47 bits per heavy atom. The van der Waals surface area contributed by atoms with Crippen LogP contribution >= 0.6 is 0 Å². The highest BCUT2D eigenvalue weighted by Gasteiger charge is 2.36. The molecule has 1 unspecified atom stereocenters. The minimum Gasteiger partial charge on any atom is -0.467 e. The lowest BCUT2D eigenvalue weighted by Crippen LogP contribution is -2.58. The van der Waals surface area contributed by atoms with Crippen LogP contribution in [0.4, 0.5) is 5.69 Å². The van der Waals surface area contributed by atoms with Gasteiger partial charge in [0.15, 0.2) is 0 Å². The topological polar surface area (TPSA) is 76.9 Å². The third kappa shape index (κ3) is 4.61. The fraction of sp³-hybridized carbons (Fsp3) is 0.348. The molecule has 1 amide bonds. The van der Waals surface area contributed by atoms with E-state index in [1.54, 1.807) is 23.1 Å². The SMILES string of the molecule is COC(=O)C1CN(Cc2ccccc2C#N)CCN1C(=O)c1ccc(N(C)C)cc1. The summed E-state index contributed by atoms with van der Waals surface area (Å²) in [4.78, 5) is 31.2. The molecule has 0 saturated carbocycles. The zero-order valence-corrected chi connectivity index (χ0v) is 17.5. The Morgan fingerprint density at radius 2 is 1.83 bits per heavy atom. The van der Waals surface area contributed by atoms with Crippen molar-refractivity contribution < 1.29 is 14.3 Å². The van der Waals surface area contributed by atoms with Gasteiger partial charge in [-0.05, 0) is 35.9 Å². The van der Waals surface area contributed by atoms with Gasteiger partial charge in [0.1, 0.15) is 6.04 Å². The molecule has 156 valence electrons. The van der Waals surface area contributed by atoms with Crippen molar-refractivity contribution >= 4 is 17.6 Å². The molecular formula is C23H26N4O3. The van der Waals surface area contributed by atoms with Gasteiger partial charge in [-0.2, -0.15) is 5.26 Å². The van der Waals surface area contributed by atoms with Crippen molar-refractivity contribution in [2.45, 2.75) is 12.6 Å². The number of carbonyl (C=O) groups is 2. The second kappa shape index (κ2) is 9.42. The third-order valence-electron chi connectivity index (χ3n) is 5.36. The first-order valence-electron chi connectivity index (χ1n) is 9.81. The Morgan fingerprint density at radius 1 is 1.13 bits per heavy atom. The van der Waals surface area contributed by atoms with Gasteiger partial charge >= 0.3 is 5.97 Å². The summed E-state index contributed by atoms with van der Waals surface area (Å²) in [5.74, 6) is -0.626. The van der Waals surface area contributed by atoms with Gasteiger partial charge in [0.05, 0.1) is 18.7 Å². The molecule has 1 saturated heterocycles. The second-order valence-corrected chi connectivity index (χ2v) is 7.48. The van der Waals surface area contributed by atoms with Crippen molar-refractivity contribution in [3.05, 3.63) is 65.2 Å². The van der Waals surface area contributed by atoms with Gasteiger partial charge in [-0.1, -0.05) is 18.2 Å². The number of rotatable bonds is 5. The van der Waals surface area contributed by atoms with E-state index in [0.717, 1.165) is 11.3 Å². The van der Waals surface area contributed by atoms with E-state index in [4.69, 9.17) is 4.74 Å². The lowest BCUT2D eigenvalue weighted by molar-refractivity contribution is -0.148. The summed E-state index contributed by atoms with van der Waals surface area (Å²) in [5.41, 5.74) is 3.06. The highest BCUT2D eigenvalue weighted by molar-refractivity contribution is 5.97. The zero-order valence-electron chi connectivity index (χ0n) is 17.5. The summed E-state index contributed by atoms with van der Waals surface area (Å²) in [5, 5.41) is 9.32. The number of carbonyl (C=O) groups excluding carboxylic acids is 2. The number of anilines is 1. The van der Waals surface area contributed by atoms with E-state index in [1.807, 2.05) is 49.3 Å². The summed E-state index contributed by atoms with van der Waals surface area (Å²) >= 11 is 0. The van der Waals surface area contributed by atoms with Gasteiger partial charge < -0.3 is 14.5 Å². The highest BCUT2D eigenvalue weighted by atomic mass is 16.5. The number of nitriles is 1. The van der Waals surface area contributed by atoms with Crippen LogP contribution in [0.25, 0.3) is 0 Å². The molecule has 30 heavy (non-hydrogen) atoms. The maximum absolute atomic E-state index is 13.1. The quantitative estimate of drug-likeness (QED) is 0.708. The van der Waals surface area contributed by atoms with Crippen LogP contribution < -0.4 is 4.90 Å². The van der Waals surface area contributed by atoms with E-state index in [-0.39, 0.29) is 5.91 Å². The first-order valence-corrected chi connectivity index (χ1v) is 9.81. The fourth-order valence-corrected chi connectivity index (χ4v) is 3.64. The summed E-state index contributed by atoms with van der Waals surface area (Å²) in [6.45, 7) is 1.91. The number of amides is 1. The van der Waals surface area contributed by atoms with Gasteiger partial charge in [-0.3, -0.25) is 9.69 Å². The number of esters is 1. The largest absolute Gasteiger partial charge is 0.467 e. The number of ether oxygens (including phenoxy) is 1. The Balaban J connectivity index is 1.77. The molecule has 0 radical (unpaired) electrons. The zero-order chi connectivity index (χ0) is 21.7. The van der Waals surface area contributed by atoms with Gasteiger partial charge in [0.25, 0.3) is 5.91 Å². The first-order chi connectivity index (χ1) is 14.4. The molecule has 1 aliphatic heterocycles. The monoisotopic (exact) mass is 406 g/mol. The van der Waals surface area contributed by atoms with E-state index >= 15 is 0 Å². The highest BCUT2D eigenvalue weighted by Crippen LogP contribution is 2.20. The summed E-state index contributed by atoms with van der Waals surface area (Å²) in [6.07, 6.45) is 0. The van der Waals surface area contributed by atoms with Gasteiger partial charge in [0, 0.05) is 51.5 Å². The Hall–Kier alpha value is -3.37. The van der Waals surface area contributed by atoms with E-state index in [0.29, 0.717) is 37.3 Å². The molecule has 1 atom stereocenters. The standard InChI is InChI=1S/C23H26N4O3/c1-25(2)20-10-8-17(9-11-20)22(28)27-13-12-26(16-21(27)23(29)30-3)15-19-7-5-4-6-18(19)14-24/h4-11,21H,12-13,15-16H2,1-3H3. The van der Waals surface area contributed by atoms with Crippen LogP contribution in [0.2, 0.25) is 0 Å². The van der Waals surface area contributed by atoms with Crippen molar-refractivity contribution in [2.75, 3.05) is 45.7 Å². The fourth-order valence-electron chi connectivity index (χ4n) is 3.64.